The summed E-state index contributed by atoms with van der Waals surface area (Å²) in [6.45, 7) is 3.44. The molecule has 13 heteroatoms. The fourth-order valence-electron chi connectivity index (χ4n) is 2.22. The number of aliphatic carboxylic acids is 1. The number of hydrogen-bond acceptors (Lipinski definition) is 8. The first kappa shape index (κ1) is 28.0. The van der Waals surface area contributed by atoms with E-state index >= 15 is 0 Å². The number of carboxylic acid groups (broad SMARTS) is 1. The molecule has 0 fully saturated rings. The van der Waals surface area contributed by atoms with Gasteiger partial charge in [0.2, 0.25) is 23.6 Å². The van der Waals surface area contributed by atoms with Crippen molar-refractivity contribution in [3.05, 3.63) is 0 Å². The zero-order chi connectivity index (χ0) is 23.4. The van der Waals surface area contributed by atoms with E-state index in [1.165, 1.54) is 11.8 Å². The third-order valence-corrected chi connectivity index (χ3v) is 5.11. The van der Waals surface area contributed by atoms with E-state index in [-0.39, 0.29) is 18.1 Å². The Hall–Kier alpha value is -1.99. The molecule has 0 rings (SSSR count). The van der Waals surface area contributed by atoms with Crippen molar-refractivity contribution in [3.63, 3.8) is 0 Å². The Morgan fingerprint density at radius 1 is 0.967 bits per heavy atom. The first-order valence-electron chi connectivity index (χ1n) is 9.22. The summed E-state index contributed by atoms with van der Waals surface area (Å²) in [6.07, 6.45) is 1.50. The predicted octanol–water partition coefficient (Wildman–Crippen LogP) is -1.93. The van der Waals surface area contributed by atoms with Gasteiger partial charge in [-0.25, -0.2) is 4.79 Å². The maximum atomic E-state index is 12.7. The minimum atomic E-state index is -1.33. The second kappa shape index (κ2) is 14.1. The van der Waals surface area contributed by atoms with Crippen LogP contribution in [0.4, 0.5) is 0 Å². The quantitative estimate of drug-likeness (QED) is 0.144. The number of rotatable bonds is 14. The zero-order valence-electron chi connectivity index (χ0n) is 17.2. The summed E-state index contributed by atoms with van der Waals surface area (Å²) in [5.41, 5.74) is 10.9. The van der Waals surface area contributed by atoms with Crippen LogP contribution in [0.2, 0.25) is 0 Å². The van der Waals surface area contributed by atoms with Crippen molar-refractivity contribution in [1.82, 2.24) is 16.0 Å². The number of thiol groups is 1. The third kappa shape index (κ3) is 10.2. The largest absolute Gasteiger partial charge is 0.480 e. The van der Waals surface area contributed by atoms with Gasteiger partial charge in [-0.05, 0) is 24.3 Å². The first-order chi connectivity index (χ1) is 13.9. The van der Waals surface area contributed by atoms with Gasteiger partial charge in [0.25, 0.3) is 0 Å². The zero-order valence-corrected chi connectivity index (χ0v) is 18.9. The summed E-state index contributed by atoms with van der Waals surface area (Å²) >= 11 is 5.30. The fraction of sp³-hybridized carbons (Fsp3) is 0.706. The van der Waals surface area contributed by atoms with E-state index < -0.39 is 60.2 Å². The minimum Gasteiger partial charge on any atom is -0.480 e. The highest BCUT2D eigenvalue weighted by Gasteiger charge is 2.31. The van der Waals surface area contributed by atoms with Crippen molar-refractivity contribution in [1.29, 1.82) is 0 Å². The van der Waals surface area contributed by atoms with Gasteiger partial charge in [-0.2, -0.15) is 24.4 Å². The Morgan fingerprint density at radius 2 is 1.47 bits per heavy atom. The lowest BCUT2D eigenvalue weighted by Crippen LogP contribution is -2.58. The summed E-state index contributed by atoms with van der Waals surface area (Å²) in [6, 6.07) is -4.56. The maximum absolute atomic E-state index is 12.7. The molecule has 0 radical (unpaired) electrons. The second-order valence-corrected chi connectivity index (χ2v) is 8.28. The van der Waals surface area contributed by atoms with E-state index in [0.717, 1.165) is 0 Å². The Kier molecular flexibility index (Phi) is 13.2. The Balaban J connectivity index is 5.40. The highest BCUT2D eigenvalue weighted by atomic mass is 32.2. The van der Waals surface area contributed by atoms with Gasteiger partial charge in [0, 0.05) is 5.75 Å². The molecule has 0 aliphatic heterocycles. The highest BCUT2D eigenvalue weighted by molar-refractivity contribution is 7.98. The molecule has 11 nitrogen and oxygen atoms in total. The summed E-state index contributed by atoms with van der Waals surface area (Å²) < 4.78 is 0. The molecule has 0 heterocycles. The van der Waals surface area contributed by atoms with Crippen LogP contribution in [0.1, 0.15) is 26.7 Å². The van der Waals surface area contributed by atoms with E-state index in [1.807, 2.05) is 0 Å². The molecule has 172 valence electrons. The van der Waals surface area contributed by atoms with Crippen LogP contribution in [0.25, 0.3) is 0 Å². The maximum Gasteiger partial charge on any atom is 0.327 e. The average Bonchev–Trinajstić information content (AvgIpc) is 2.66. The van der Waals surface area contributed by atoms with Gasteiger partial charge >= 0.3 is 5.97 Å². The molecule has 30 heavy (non-hydrogen) atoms. The standard InChI is InChI=1S/C17H31N5O6S2/c1-8(2)13(19)16(26)21-10(6-12(18)23)15(25)20-9(4-5-30-3)14(24)22-11(7-29)17(27)28/h8-11,13,29H,4-7,19H2,1-3H3,(H2,18,23)(H,20,25)(H,21,26)(H,22,24)(H,27,28). The molecular formula is C17H31N5O6S2. The van der Waals surface area contributed by atoms with Gasteiger partial charge in [0.05, 0.1) is 12.5 Å². The average molecular weight is 466 g/mol. The van der Waals surface area contributed by atoms with Gasteiger partial charge in [-0.1, -0.05) is 13.8 Å². The first-order valence-corrected chi connectivity index (χ1v) is 11.2. The van der Waals surface area contributed by atoms with Crippen LogP contribution in [-0.4, -0.2) is 76.6 Å². The second-order valence-electron chi connectivity index (χ2n) is 6.93. The van der Waals surface area contributed by atoms with Gasteiger partial charge in [-0.3, -0.25) is 19.2 Å². The summed E-state index contributed by atoms with van der Waals surface area (Å²) in [5.74, 6) is -4.14. The molecule has 8 N–H and O–H groups in total. The number of primary amides is 1. The van der Waals surface area contributed by atoms with Crippen LogP contribution in [0.15, 0.2) is 0 Å². The van der Waals surface area contributed by atoms with Crippen LogP contribution < -0.4 is 27.4 Å². The normalized spacial score (nSPS) is 14.9. The van der Waals surface area contributed by atoms with Gasteiger partial charge in [0.1, 0.15) is 18.1 Å². The van der Waals surface area contributed by atoms with Crippen molar-refractivity contribution in [2.24, 2.45) is 17.4 Å². The molecule has 0 saturated carbocycles. The molecule has 4 unspecified atom stereocenters. The molecule has 0 aromatic carbocycles. The minimum absolute atomic E-state index is 0.141. The lowest BCUT2D eigenvalue weighted by molar-refractivity contribution is -0.141. The van der Waals surface area contributed by atoms with Gasteiger partial charge in [0.15, 0.2) is 0 Å². The fourth-order valence-corrected chi connectivity index (χ4v) is 2.93. The number of carbonyl (C=O) groups is 5. The van der Waals surface area contributed by atoms with Gasteiger partial charge < -0.3 is 32.5 Å². The number of thioether (sulfide) groups is 1. The van der Waals surface area contributed by atoms with Gasteiger partial charge in [-0.15, -0.1) is 0 Å². The van der Waals surface area contributed by atoms with E-state index in [4.69, 9.17) is 16.6 Å². The number of hydrogen-bond donors (Lipinski definition) is 7. The molecule has 0 aromatic heterocycles. The van der Waals surface area contributed by atoms with Crippen LogP contribution in [0.3, 0.4) is 0 Å². The van der Waals surface area contributed by atoms with Crippen molar-refractivity contribution in [3.8, 4) is 0 Å². The Morgan fingerprint density at radius 3 is 1.90 bits per heavy atom. The van der Waals surface area contributed by atoms with E-state index in [1.54, 1.807) is 20.1 Å². The highest BCUT2D eigenvalue weighted by Crippen LogP contribution is 2.05. The molecule has 4 amide bonds. The monoisotopic (exact) mass is 465 g/mol. The van der Waals surface area contributed by atoms with Crippen LogP contribution >= 0.6 is 24.4 Å². The third-order valence-electron chi connectivity index (χ3n) is 4.10. The smallest absolute Gasteiger partial charge is 0.327 e. The van der Waals surface area contributed by atoms with E-state index in [2.05, 4.69) is 28.6 Å². The molecule has 0 saturated heterocycles. The predicted molar refractivity (Wildman–Crippen MR) is 117 cm³/mol. The number of nitrogens with two attached hydrogens (primary N) is 2. The van der Waals surface area contributed by atoms with Crippen molar-refractivity contribution in [2.45, 2.75) is 50.9 Å². The molecule has 0 aliphatic rings. The topological polar surface area (TPSA) is 194 Å². The summed E-state index contributed by atoms with van der Waals surface area (Å²) in [4.78, 5) is 59.9. The van der Waals surface area contributed by atoms with E-state index in [9.17, 15) is 24.0 Å². The molecular weight excluding hydrogens is 434 g/mol. The molecule has 4 atom stereocenters. The Labute approximate surface area is 185 Å². The van der Waals surface area contributed by atoms with Crippen molar-refractivity contribution >= 4 is 54.0 Å². The molecule has 0 spiro atoms. The summed E-state index contributed by atoms with van der Waals surface area (Å²) in [7, 11) is 0. The molecule has 0 aromatic rings. The Bertz CT molecular complexity index is 634. The lowest BCUT2D eigenvalue weighted by Gasteiger charge is -2.25. The SMILES string of the molecule is CSCCC(NC(=O)C(CC(N)=O)NC(=O)C(N)C(C)C)C(=O)NC(CS)C(=O)O. The van der Waals surface area contributed by atoms with Crippen molar-refractivity contribution < 1.29 is 29.1 Å². The van der Waals surface area contributed by atoms with Crippen LogP contribution in [0, 0.1) is 5.92 Å². The lowest BCUT2D eigenvalue weighted by atomic mass is 10.0. The molecule has 0 bridgehead atoms. The van der Waals surface area contributed by atoms with E-state index in [0.29, 0.717) is 5.75 Å². The summed E-state index contributed by atoms with van der Waals surface area (Å²) in [5, 5.41) is 16.2. The number of carboxylic acids is 1. The number of nitrogens with one attached hydrogen (secondary N) is 3. The number of carbonyl (C=O) groups excluding carboxylic acids is 4. The molecule has 0 aliphatic carbocycles. The van der Waals surface area contributed by atoms with Crippen molar-refractivity contribution in [2.75, 3.05) is 17.8 Å². The van der Waals surface area contributed by atoms with Crippen LogP contribution in [-0.2, 0) is 24.0 Å². The number of amides is 4. The van der Waals surface area contributed by atoms with Crippen LogP contribution in [0.5, 0.6) is 0 Å².